The minimum absolute atomic E-state index is 0.720. The van der Waals surface area contributed by atoms with Crippen LogP contribution >= 0.6 is 0 Å². The minimum Gasteiger partial charge on any atom is -0.497 e. The summed E-state index contributed by atoms with van der Waals surface area (Å²) in [6.07, 6.45) is 0. The molecule has 0 fully saturated rings. The molecule has 2 nitrogen and oxygen atoms in total. The number of nitrogens with zero attached hydrogens (tertiary/aromatic N) is 1. The second-order valence-electron chi connectivity index (χ2n) is 4.38. The van der Waals surface area contributed by atoms with E-state index in [0.29, 0.717) is 0 Å². The fourth-order valence-electron chi connectivity index (χ4n) is 1.94. The maximum atomic E-state index is 5.18. The van der Waals surface area contributed by atoms with Gasteiger partial charge in [0.2, 0.25) is 0 Å². The Balaban J connectivity index is 2.04. The maximum absolute atomic E-state index is 5.18. The molecule has 0 aliphatic carbocycles. The van der Waals surface area contributed by atoms with Gasteiger partial charge in [-0.05, 0) is 43.3 Å². The fraction of sp³-hybridized carbons (Fsp3) is 0.222. The van der Waals surface area contributed by atoms with Gasteiger partial charge in [0.15, 0.2) is 0 Å². The minimum atomic E-state index is 0.720. The molecule has 0 radical (unpaired) electrons. The molecule has 0 unspecified atom stereocenters. The third-order valence-corrected chi connectivity index (χ3v) is 3.10. The number of benzene rings is 2. The molecule has 2 aromatic carbocycles. The Kier molecular flexibility index (Phi) is 5.08. The molecule has 0 aliphatic rings. The highest BCUT2D eigenvalue weighted by Crippen LogP contribution is 2.18. The van der Waals surface area contributed by atoms with Crippen LogP contribution in [0, 0.1) is 11.8 Å². The molecule has 102 valence electrons. The lowest BCUT2D eigenvalue weighted by Gasteiger charge is -2.20. The summed E-state index contributed by atoms with van der Waals surface area (Å²) < 4.78 is 5.18. The average molecular weight is 265 g/mol. The first-order chi connectivity index (χ1) is 9.83. The van der Waals surface area contributed by atoms with Gasteiger partial charge in [0.05, 0.1) is 13.7 Å². The molecule has 2 heteroatoms. The van der Waals surface area contributed by atoms with E-state index in [1.54, 1.807) is 7.11 Å². The highest BCUT2D eigenvalue weighted by atomic mass is 16.5. The Morgan fingerprint density at radius 3 is 2.30 bits per heavy atom. The molecule has 0 atom stereocenters. The van der Waals surface area contributed by atoms with Gasteiger partial charge in [0, 0.05) is 17.8 Å². The normalized spacial score (nSPS) is 9.50. The number of methoxy groups -OCH3 is 1. The molecule has 0 N–H and O–H groups in total. The van der Waals surface area contributed by atoms with E-state index in [-0.39, 0.29) is 0 Å². The molecule has 0 aromatic heterocycles. The van der Waals surface area contributed by atoms with Crippen molar-refractivity contribution in [1.82, 2.24) is 0 Å². The highest BCUT2D eigenvalue weighted by molar-refractivity contribution is 5.50. The van der Waals surface area contributed by atoms with E-state index < -0.39 is 0 Å². The van der Waals surface area contributed by atoms with Crippen molar-refractivity contribution in [3.8, 4) is 17.6 Å². The lowest BCUT2D eigenvalue weighted by atomic mass is 10.2. The summed E-state index contributed by atoms with van der Waals surface area (Å²) in [5.41, 5.74) is 2.22. The Bertz CT molecular complexity index is 578. The standard InChI is InChI=1S/C18H19NO/c1-3-19(17-11-13-18(20-2)14-12-17)15-7-10-16-8-5-4-6-9-16/h4-6,8-9,11-14H,3,15H2,1-2H3. The van der Waals surface area contributed by atoms with Crippen molar-refractivity contribution < 1.29 is 4.74 Å². The van der Waals surface area contributed by atoms with E-state index in [9.17, 15) is 0 Å². The van der Waals surface area contributed by atoms with E-state index >= 15 is 0 Å². The van der Waals surface area contributed by atoms with E-state index in [1.165, 1.54) is 0 Å². The van der Waals surface area contributed by atoms with Crippen molar-refractivity contribution in [3.05, 3.63) is 60.2 Å². The van der Waals surface area contributed by atoms with Gasteiger partial charge in [-0.1, -0.05) is 30.0 Å². The Hall–Kier alpha value is -2.40. The third kappa shape index (κ3) is 3.80. The van der Waals surface area contributed by atoms with Crippen LogP contribution in [-0.4, -0.2) is 20.2 Å². The molecule has 0 heterocycles. The quantitative estimate of drug-likeness (QED) is 0.784. The van der Waals surface area contributed by atoms with Crippen LogP contribution in [0.4, 0.5) is 5.69 Å². The van der Waals surface area contributed by atoms with E-state index in [0.717, 1.165) is 30.1 Å². The van der Waals surface area contributed by atoms with Crippen molar-refractivity contribution in [3.63, 3.8) is 0 Å². The molecule has 2 aromatic rings. The molecule has 2 rings (SSSR count). The Morgan fingerprint density at radius 1 is 1.00 bits per heavy atom. The third-order valence-electron chi connectivity index (χ3n) is 3.10. The second-order valence-corrected chi connectivity index (χ2v) is 4.38. The first-order valence-corrected chi connectivity index (χ1v) is 6.76. The molecule has 0 saturated carbocycles. The van der Waals surface area contributed by atoms with Gasteiger partial charge in [-0.15, -0.1) is 0 Å². The summed E-state index contributed by atoms with van der Waals surface area (Å²) in [6, 6.07) is 18.1. The summed E-state index contributed by atoms with van der Waals surface area (Å²) in [4.78, 5) is 2.23. The van der Waals surface area contributed by atoms with Crippen LogP contribution in [0.25, 0.3) is 0 Å². The van der Waals surface area contributed by atoms with Crippen molar-refractivity contribution in [1.29, 1.82) is 0 Å². The number of hydrogen-bond acceptors (Lipinski definition) is 2. The first-order valence-electron chi connectivity index (χ1n) is 6.76. The predicted molar refractivity (Wildman–Crippen MR) is 84.2 cm³/mol. The summed E-state index contributed by atoms with van der Waals surface area (Å²) in [6.45, 7) is 3.78. The summed E-state index contributed by atoms with van der Waals surface area (Å²) in [5.74, 6) is 7.29. The molecule has 0 spiro atoms. The maximum Gasteiger partial charge on any atom is 0.119 e. The number of hydrogen-bond donors (Lipinski definition) is 0. The molecule has 0 amide bonds. The molecule has 0 aliphatic heterocycles. The number of rotatable bonds is 4. The molecular formula is C18H19NO. The number of anilines is 1. The molecule has 0 saturated heterocycles. The zero-order valence-corrected chi connectivity index (χ0v) is 12.0. The number of ether oxygens (including phenoxy) is 1. The predicted octanol–water partition coefficient (Wildman–Crippen LogP) is 3.57. The van der Waals surface area contributed by atoms with Crippen molar-refractivity contribution in [2.24, 2.45) is 0 Å². The van der Waals surface area contributed by atoms with Crippen LogP contribution < -0.4 is 9.64 Å². The average Bonchev–Trinajstić information content (AvgIpc) is 2.53. The lowest BCUT2D eigenvalue weighted by molar-refractivity contribution is 0.415. The summed E-state index contributed by atoms with van der Waals surface area (Å²) in [7, 11) is 1.68. The van der Waals surface area contributed by atoms with Crippen molar-refractivity contribution >= 4 is 5.69 Å². The zero-order valence-electron chi connectivity index (χ0n) is 12.0. The summed E-state index contributed by atoms with van der Waals surface area (Å²) >= 11 is 0. The first kappa shape index (κ1) is 14.0. The smallest absolute Gasteiger partial charge is 0.119 e. The van der Waals surface area contributed by atoms with E-state index in [4.69, 9.17) is 4.74 Å². The van der Waals surface area contributed by atoms with Crippen LogP contribution in [0.2, 0.25) is 0 Å². The van der Waals surface area contributed by atoms with Crippen LogP contribution in [-0.2, 0) is 0 Å². The lowest BCUT2D eigenvalue weighted by Crippen LogP contribution is -2.22. The highest BCUT2D eigenvalue weighted by Gasteiger charge is 2.02. The van der Waals surface area contributed by atoms with Crippen LogP contribution in [0.1, 0.15) is 12.5 Å². The fourth-order valence-corrected chi connectivity index (χ4v) is 1.94. The Morgan fingerprint density at radius 2 is 1.70 bits per heavy atom. The van der Waals surface area contributed by atoms with E-state index in [1.807, 2.05) is 42.5 Å². The van der Waals surface area contributed by atoms with Crippen molar-refractivity contribution in [2.75, 3.05) is 25.1 Å². The van der Waals surface area contributed by atoms with Gasteiger partial charge in [-0.25, -0.2) is 0 Å². The topological polar surface area (TPSA) is 12.5 Å². The van der Waals surface area contributed by atoms with Gasteiger partial charge in [0.1, 0.15) is 5.75 Å². The van der Waals surface area contributed by atoms with Gasteiger partial charge in [0.25, 0.3) is 0 Å². The van der Waals surface area contributed by atoms with Crippen LogP contribution in [0.5, 0.6) is 5.75 Å². The van der Waals surface area contributed by atoms with Gasteiger partial charge in [-0.2, -0.15) is 0 Å². The second kappa shape index (κ2) is 7.25. The van der Waals surface area contributed by atoms with Crippen LogP contribution in [0.3, 0.4) is 0 Å². The SMILES string of the molecule is CCN(CC#Cc1ccccc1)c1ccc(OC)cc1. The zero-order chi connectivity index (χ0) is 14.2. The Labute approximate surface area is 121 Å². The van der Waals surface area contributed by atoms with Gasteiger partial charge in [-0.3, -0.25) is 0 Å². The van der Waals surface area contributed by atoms with Crippen LogP contribution in [0.15, 0.2) is 54.6 Å². The van der Waals surface area contributed by atoms with Gasteiger partial charge >= 0.3 is 0 Å². The summed E-state index contributed by atoms with van der Waals surface area (Å²) in [5, 5.41) is 0. The molecule has 20 heavy (non-hydrogen) atoms. The van der Waals surface area contributed by atoms with Crippen molar-refractivity contribution in [2.45, 2.75) is 6.92 Å². The molecule has 0 bridgehead atoms. The molecular weight excluding hydrogens is 246 g/mol. The van der Waals surface area contributed by atoms with Gasteiger partial charge < -0.3 is 9.64 Å². The monoisotopic (exact) mass is 265 g/mol. The largest absolute Gasteiger partial charge is 0.497 e. The van der Waals surface area contributed by atoms with E-state index in [2.05, 4.69) is 35.8 Å².